The van der Waals surface area contributed by atoms with Crippen molar-refractivity contribution in [3.8, 4) is 0 Å². The number of rotatable bonds is 4. The van der Waals surface area contributed by atoms with Gasteiger partial charge >= 0.3 is 6.09 Å². The molecule has 0 aliphatic rings. The van der Waals surface area contributed by atoms with Crippen LogP contribution in [0.2, 0.25) is 0 Å². The molecule has 0 bridgehead atoms. The maximum atomic E-state index is 13.0. The van der Waals surface area contributed by atoms with Gasteiger partial charge in [-0.2, -0.15) is 0 Å². The SMILES string of the molecule is CN(C(=O)C(NC(=O)O)c1ccccc1)c1cccc2ccccc12. The summed E-state index contributed by atoms with van der Waals surface area (Å²) in [5, 5.41) is 13.4. The van der Waals surface area contributed by atoms with E-state index in [2.05, 4.69) is 5.32 Å². The normalized spacial score (nSPS) is 11.7. The van der Waals surface area contributed by atoms with Crippen LogP contribution in [0.5, 0.6) is 0 Å². The van der Waals surface area contributed by atoms with E-state index in [-0.39, 0.29) is 5.91 Å². The highest BCUT2D eigenvalue weighted by molar-refractivity contribution is 6.06. The standard InChI is InChI=1S/C20H18N2O3/c1-22(17-13-7-11-14-8-5-6-12-16(14)17)19(23)18(21-20(24)25)15-9-3-2-4-10-15/h2-13,18,21H,1H3,(H,24,25). The minimum atomic E-state index is -1.24. The minimum absolute atomic E-state index is 0.343. The van der Waals surface area contributed by atoms with Crippen LogP contribution in [0.1, 0.15) is 11.6 Å². The Morgan fingerprint density at radius 2 is 1.56 bits per heavy atom. The Labute approximate surface area is 145 Å². The Kier molecular flexibility index (Phi) is 4.66. The average Bonchev–Trinajstić information content (AvgIpc) is 2.65. The number of hydrogen-bond donors (Lipinski definition) is 2. The number of carboxylic acid groups (broad SMARTS) is 1. The van der Waals surface area contributed by atoms with E-state index in [4.69, 9.17) is 5.11 Å². The molecule has 3 aromatic rings. The molecule has 1 unspecified atom stereocenters. The number of nitrogens with one attached hydrogen (secondary N) is 1. The first-order valence-corrected chi connectivity index (χ1v) is 7.87. The van der Waals surface area contributed by atoms with E-state index in [9.17, 15) is 9.59 Å². The number of anilines is 1. The molecule has 0 aliphatic heterocycles. The highest BCUT2D eigenvalue weighted by atomic mass is 16.4. The smallest absolute Gasteiger partial charge is 0.405 e. The lowest BCUT2D eigenvalue weighted by Gasteiger charge is -2.25. The highest BCUT2D eigenvalue weighted by Crippen LogP contribution is 2.28. The maximum Gasteiger partial charge on any atom is 0.405 e. The van der Waals surface area contributed by atoms with Crippen molar-refractivity contribution in [1.29, 1.82) is 0 Å². The first kappa shape index (κ1) is 16.5. The molecule has 3 aromatic carbocycles. The van der Waals surface area contributed by atoms with E-state index < -0.39 is 12.1 Å². The summed E-state index contributed by atoms with van der Waals surface area (Å²) < 4.78 is 0. The molecule has 1 atom stereocenters. The Hall–Kier alpha value is -3.34. The van der Waals surface area contributed by atoms with Crippen molar-refractivity contribution in [3.05, 3.63) is 78.4 Å². The van der Waals surface area contributed by atoms with Crippen molar-refractivity contribution in [2.45, 2.75) is 6.04 Å². The van der Waals surface area contributed by atoms with Crippen LogP contribution in [0.3, 0.4) is 0 Å². The van der Waals surface area contributed by atoms with Crippen molar-refractivity contribution >= 4 is 28.5 Å². The van der Waals surface area contributed by atoms with E-state index in [1.165, 1.54) is 4.90 Å². The highest BCUT2D eigenvalue weighted by Gasteiger charge is 2.27. The second kappa shape index (κ2) is 7.05. The number of amides is 2. The number of carbonyl (C=O) groups is 2. The van der Waals surface area contributed by atoms with E-state index in [1.807, 2.05) is 48.5 Å². The third-order valence-corrected chi connectivity index (χ3v) is 4.11. The van der Waals surface area contributed by atoms with Crippen LogP contribution in [-0.2, 0) is 4.79 Å². The van der Waals surface area contributed by atoms with Crippen LogP contribution in [-0.4, -0.2) is 24.2 Å². The van der Waals surface area contributed by atoms with Gasteiger partial charge in [0.2, 0.25) is 0 Å². The third-order valence-electron chi connectivity index (χ3n) is 4.11. The zero-order chi connectivity index (χ0) is 17.8. The summed E-state index contributed by atoms with van der Waals surface area (Å²) in [6, 6.07) is 21.3. The molecule has 0 aromatic heterocycles. The van der Waals surface area contributed by atoms with Crippen LogP contribution in [0, 0.1) is 0 Å². The first-order chi connectivity index (χ1) is 12.1. The molecule has 0 aliphatic carbocycles. The quantitative estimate of drug-likeness (QED) is 0.762. The topological polar surface area (TPSA) is 69.6 Å². The van der Waals surface area contributed by atoms with Gasteiger partial charge in [-0.3, -0.25) is 4.79 Å². The molecule has 25 heavy (non-hydrogen) atoms. The maximum absolute atomic E-state index is 13.0. The Bertz CT molecular complexity index is 904. The second-order valence-electron chi connectivity index (χ2n) is 5.69. The zero-order valence-electron chi connectivity index (χ0n) is 13.7. The minimum Gasteiger partial charge on any atom is -0.465 e. The molecule has 5 nitrogen and oxygen atoms in total. The number of benzene rings is 3. The van der Waals surface area contributed by atoms with Crippen molar-refractivity contribution in [2.75, 3.05) is 11.9 Å². The summed E-state index contributed by atoms with van der Waals surface area (Å²) in [5.74, 6) is -0.343. The third kappa shape index (κ3) is 3.45. The van der Waals surface area contributed by atoms with Gasteiger partial charge in [-0.05, 0) is 17.0 Å². The lowest BCUT2D eigenvalue weighted by atomic mass is 10.0. The number of fused-ring (bicyclic) bond motifs is 1. The predicted octanol–water partition coefficient (Wildman–Crippen LogP) is 3.81. The largest absolute Gasteiger partial charge is 0.465 e. The van der Waals surface area contributed by atoms with Gasteiger partial charge in [-0.25, -0.2) is 4.79 Å². The van der Waals surface area contributed by atoms with Gasteiger partial charge in [0.1, 0.15) is 6.04 Å². The van der Waals surface area contributed by atoms with Crippen LogP contribution < -0.4 is 10.2 Å². The summed E-state index contributed by atoms with van der Waals surface area (Å²) >= 11 is 0. The van der Waals surface area contributed by atoms with E-state index in [1.54, 1.807) is 31.3 Å². The molecular weight excluding hydrogens is 316 g/mol. The zero-order valence-corrected chi connectivity index (χ0v) is 13.7. The molecule has 3 rings (SSSR count). The van der Waals surface area contributed by atoms with Crippen molar-refractivity contribution in [1.82, 2.24) is 5.32 Å². The van der Waals surface area contributed by atoms with Gasteiger partial charge in [-0.15, -0.1) is 0 Å². The Morgan fingerprint density at radius 1 is 0.920 bits per heavy atom. The van der Waals surface area contributed by atoms with E-state index >= 15 is 0 Å². The molecule has 126 valence electrons. The van der Waals surface area contributed by atoms with Crippen LogP contribution in [0.4, 0.5) is 10.5 Å². The predicted molar refractivity (Wildman–Crippen MR) is 97.7 cm³/mol. The van der Waals surface area contributed by atoms with E-state index in [0.29, 0.717) is 5.56 Å². The van der Waals surface area contributed by atoms with Crippen molar-refractivity contribution in [3.63, 3.8) is 0 Å². The molecule has 0 radical (unpaired) electrons. The van der Waals surface area contributed by atoms with Gasteiger partial charge < -0.3 is 15.3 Å². The molecular formula is C20H18N2O3. The summed E-state index contributed by atoms with van der Waals surface area (Å²) in [4.78, 5) is 25.7. The van der Waals surface area contributed by atoms with Crippen LogP contribution in [0.25, 0.3) is 10.8 Å². The Balaban J connectivity index is 2.00. The fourth-order valence-corrected chi connectivity index (χ4v) is 2.87. The summed E-state index contributed by atoms with van der Waals surface area (Å²) in [6.07, 6.45) is -1.24. The Morgan fingerprint density at radius 3 is 2.28 bits per heavy atom. The fourth-order valence-electron chi connectivity index (χ4n) is 2.87. The number of hydrogen-bond acceptors (Lipinski definition) is 2. The van der Waals surface area contributed by atoms with Crippen molar-refractivity contribution < 1.29 is 14.7 Å². The summed E-state index contributed by atoms with van der Waals surface area (Å²) in [6.45, 7) is 0. The van der Waals surface area contributed by atoms with Crippen LogP contribution >= 0.6 is 0 Å². The van der Waals surface area contributed by atoms with Crippen molar-refractivity contribution in [2.24, 2.45) is 0 Å². The first-order valence-electron chi connectivity index (χ1n) is 7.87. The molecule has 0 fully saturated rings. The number of nitrogens with zero attached hydrogens (tertiary/aromatic N) is 1. The monoisotopic (exact) mass is 334 g/mol. The molecule has 0 spiro atoms. The number of carbonyl (C=O) groups excluding carboxylic acids is 1. The lowest BCUT2D eigenvalue weighted by Crippen LogP contribution is -2.41. The van der Waals surface area contributed by atoms with E-state index in [0.717, 1.165) is 16.5 Å². The molecule has 2 amide bonds. The molecule has 2 N–H and O–H groups in total. The summed E-state index contributed by atoms with van der Waals surface area (Å²) in [7, 11) is 1.66. The number of likely N-dealkylation sites (N-methyl/N-ethyl adjacent to an activating group) is 1. The van der Waals surface area contributed by atoms with Gasteiger partial charge in [-0.1, -0.05) is 66.7 Å². The fraction of sp³-hybridized carbons (Fsp3) is 0.100. The van der Waals surface area contributed by atoms with Crippen LogP contribution in [0.15, 0.2) is 72.8 Å². The van der Waals surface area contributed by atoms with Gasteiger partial charge in [0.25, 0.3) is 5.91 Å². The van der Waals surface area contributed by atoms with Gasteiger partial charge in [0.05, 0.1) is 5.69 Å². The van der Waals surface area contributed by atoms with Gasteiger partial charge in [0.15, 0.2) is 0 Å². The molecule has 0 saturated carbocycles. The molecule has 0 heterocycles. The molecule has 5 heteroatoms. The average molecular weight is 334 g/mol. The molecule has 0 saturated heterocycles. The van der Waals surface area contributed by atoms with Gasteiger partial charge in [0, 0.05) is 12.4 Å². The lowest BCUT2D eigenvalue weighted by molar-refractivity contribution is -0.120. The second-order valence-corrected chi connectivity index (χ2v) is 5.69. The summed E-state index contributed by atoms with van der Waals surface area (Å²) in [5.41, 5.74) is 1.33.